The van der Waals surface area contributed by atoms with Crippen molar-refractivity contribution in [3.8, 4) is 0 Å². The molecule has 2 unspecified atom stereocenters. The molecular weight excluding hydrogens is 269 g/mol. The van der Waals surface area contributed by atoms with Gasteiger partial charge in [-0.25, -0.2) is 9.36 Å². The third-order valence-electron chi connectivity index (χ3n) is 2.52. The van der Waals surface area contributed by atoms with Crippen molar-refractivity contribution in [1.29, 1.82) is 0 Å². The van der Waals surface area contributed by atoms with Gasteiger partial charge in [0, 0.05) is 11.2 Å². The molecule has 0 bridgehead atoms. The molecule has 1 rings (SSSR count). The Hall–Kier alpha value is -0.130. The third kappa shape index (κ3) is 6.38. The second kappa shape index (κ2) is 6.71. The molecule has 2 N–H and O–H groups in total. The molecule has 1 aliphatic rings. The molecule has 1 fully saturated rings. The van der Waals surface area contributed by atoms with Crippen molar-refractivity contribution in [3.05, 3.63) is 0 Å². The van der Waals surface area contributed by atoms with Gasteiger partial charge in [0.05, 0.1) is 6.10 Å². The van der Waals surface area contributed by atoms with Crippen LogP contribution in [-0.2, 0) is 18.7 Å². The Kier molecular flexibility index (Phi) is 5.89. The molecule has 17 heavy (non-hydrogen) atoms. The summed E-state index contributed by atoms with van der Waals surface area (Å²) < 4.78 is 14.8. The molecule has 0 radical (unpaired) electrons. The number of carbonyl (C=O) groups is 1. The van der Waals surface area contributed by atoms with E-state index in [1.165, 1.54) is 13.3 Å². The molecule has 0 aromatic carbocycles. The number of rotatable bonds is 5. The first-order valence-corrected chi connectivity index (χ1v) is 8.04. The van der Waals surface area contributed by atoms with Crippen molar-refractivity contribution in [2.24, 2.45) is 0 Å². The Bertz CT molecular complexity index is 302. The first-order valence-electron chi connectivity index (χ1n) is 5.55. The molecule has 8 heteroatoms. The average molecular weight is 286 g/mol. The molecule has 0 amide bonds. The van der Waals surface area contributed by atoms with E-state index in [4.69, 9.17) is 21.0 Å². The fourth-order valence-electron chi connectivity index (χ4n) is 1.62. The Morgan fingerprint density at radius 1 is 1.47 bits per heavy atom. The standard InChI is InChI=1S/C9H17ClNO5P/c1-7(9(12)16-17(10,13)14)11-15-8-5-3-2-4-6-8/h7-8,11H,2-6H2,1H3,(H,13,14). The summed E-state index contributed by atoms with van der Waals surface area (Å²) >= 11 is 4.92. The van der Waals surface area contributed by atoms with Gasteiger partial charge >= 0.3 is 12.9 Å². The molecule has 0 saturated heterocycles. The maximum Gasteiger partial charge on any atom is 0.476 e. The lowest BCUT2D eigenvalue weighted by Crippen LogP contribution is -2.38. The van der Waals surface area contributed by atoms with Crippen LogP contribution in [0.1, 0.15) is 39.0 Å². The molecule has 0 aromatic heterocycles. The molecule has 0 aromatic rings. The fourth-order valence-corrected chi connectivity index (χ4v) is 2.20. The lowest BCUT2D eigenvalue weighted by atomic mass is 9.98. The van der Waals surface area contributed by atoms with Gasteiger partial charge in [-0.05, 0) is 19.8 Å². The highest BCUT2D eigenvalue weighted by Crippen LogP contribution is 2.47. The van der Waals surface area contributed by atoms with Crippen molar-refractivity contribution in [2.75, 3.05) is 0 Å². The summed E-state index contributed by atoms with van der Waals surface area (Å²) in [5, 5.41) is 0. The molecular formula is C9H17ClNO5P. The summed E-state index contributed by atoms with van der Waals surface area (Å²) in [4.78, 5) is 25.2. The van der Waals surface area contributed by atoms with E-state index in [9.17, 15) is 9.36 Å². The van der Waals surface area contributed by atoms with E-state index in [1.54, 1.807) is 0 Å². The van der Waals surface area contributed by atoms with E-state index in [2.05, 4.69) is 10.0 Å². The molecule has 0 heterocycles. The highest BCUT2D eigenvalue weighted by atomic mass is 35.7. The zero-order valence-corrected chi connectivity index (χ0v) is 11.2. The van der Waals surface area contributed by atoms with E-state index in [-0.39, 0.29) is 6.10 Å². The van der Waals surface area contributed by atoms with Crippen LogP contribution in [0.4, 0.5) is 0 Å². The normalized spacial score (nSPS) is 22.8. The molecule has 6 nitrogen and oxygen atoms in total. The molecule has 100 valence electrons. The van der Waals surface area contributed by atoms with Crippen LogP contribution in [0.25, 0.3) is 0 Å². The predicted octanol–water partition coefficient (Wildman–Crippen LogP) is 2.11. The summed E-state index contributed by atoms with van der Waals surface area (Å²) in [6.45, 7) is -2.83. The van der Waals surface area contributed by atoms with Crippen LogP contribution in [0.5, 0.6) is 0 Å². The minimum atomic E-state index is -4.30. The third-order valence-corrected chi connectivity index (χ3v) is 3.13. The number of hydroxylamine groups is 1. The summed E-state index contributed by atoms with van der Waals surface area (Å²) in [5.41, 5.74) is 2.51. The molecule has 1 saturated carbocycles. The summed E-state index contributed by atoms with van der Waals surface area (Å²) in [7, 11) is 0. The molecule has 1 aliphatic carbocycles. The van der Waals surface area contributed by atoms with Crippen molar-refractivity contribution in [3.63, 3.8) is 0 Å². The van der Waals surface area contributed by atoms with Gasteiger partial charge in [-0.15, -0.1) is 0 Å². The summed E-state index contributed by atoms with van der Waals surface area (Å²) in [6, 6.07) is -0.837. The largest absolute Gasteiger partial charge is 0.476 e. The second-order valence-corrected chi connectivity index (χ2v) is 6.45. The zero-order chi connectivity index (χ0) is 12.9. The number of halogens is 1. The Balaban J connectivity index is 2.26. The van der Waals surface area contributed by atoms with Gasteiger partial charge in [0.2, 0.25) is 0 Å². The van der Waals surface area contributed by atoms with E-state index in [0.717, 1.165) is 25.7 Å². The highest BCUT2D eigenvalue weighted by molar-refractivity contribution is 7.80. The van der Waals surface area contributed by atoms with Crippen LogP contribution in [0, 0.1) is 0 Å². The number of carbonyl (C=O) groups excluding carboxylic acids is 1. The quantitative estimate of drug-likeness (QED) is 0.594. The summed E-state index contributed by atoms with van der Waals surface area (Å²) in [5.74, 6) is -0.915. The SMILES string of the molecule is CC(NOC1CCCCC1)C(=O)OP(=O)(O)Cl. The Morgan fingerprint density at radius 2 is 2.06 bits per heavy atom. The fraction of sp³-hybridized carbons (Fsp3) is 0.889. The van der Waals surface area contributed by atoms with Crippen LogP contribution >= 0.6 is 18.2 Å². The van der Waals surface area contributed by atoms with Crippen molar-refractivity contribution >= 4 is 24.2 Å². The van der Waals surface area contributed by atoms with Gasteiger partial charge in [0.1, 0.15) is 6.04 Å². The van der Waals surface area contributed by atoms with Gasteiger partial charge in [0.25, 0.3) is 0 Å². The van der Waals surface area contributed by atoms with Crippen LogP contribution in [0.2, 0.25) is 0 Å². The lowest BCUT2D eigenvalue weighted by molar-refractivity contribution is -0.143. The van der Waals surface area contributed by atoms with Crippen molar-refractivity contribution in [1.82, 2.24) is 5.48 Å². The van der Waals surface area contributed by atoms with Gasteiger partial charge in [-0.2, -0.15) is 5.48 Å². The monoisotopic (exact) mass is 285 g/mol. The first kappa shape index (κ1) is 14.9. The van der Waals surface area contributed by atoms with Gasteiger partial charge in [-0.1, -0.05) is 19.3 Å². The van der Waals surface area contributed by atoms with E-state index >= 15 is 0 Å². The van der Waals surface area contributed by atoms with Gasteiger partial charge in [-0.3, -0.25) is 4.84 Å². The zero-order valence-electron chi connectivity index (χ0n) is 9.60. The molecule has 0 spiro atoms. The predicted molar refractivity (Wildman–Crippen MR) is 62.3 cm³/mol. The smallest absolute Gasteiger partial charge is 0.379 e. The van der Waals surface area contributed by atoms with Crippen LogP contribution < -0.4 is 5.48 Å². The van der Waals surface area contributed by atoms with E-state index < -0.39 is 19.0 Å². The van der Waals surface area contributed by atoms with Crippen molar-refractivity contribution in [2.45, 2.75) is 51.2 Å². The maximum absolute atomic E-state index is 11.2. The second-order valence-electron chi connectivity index (χ2n) is 4.08. The summed E-state index contributed by atoms with van der Waals surface area (Å²) in [6.07, 6.45) is 5.40. The minimum Gasteiger partial charge on any atom is -0.379 e. The number of hydrogen-bond acceptors (Lipinski definition) is 5. The molecule has 0 aliphatic heterocycles. The van der Waals surface area contributed by atoms with Crippen LogP contribution in [-0.4, -0.2) is 23.0 Å². The van der Waals surface area contributed by atoms with Gasteiger partial charge in [0.15, 0.2) is 0 Å². The topological polar surface area (TPSA) is 84.9 Å². The van der Waals surface area contributed by atoms with E-state index in [0.29, 0.717) is 0 Å². The molecule has 2 atom stereocenters. The number of nitrogens with one attached hydrogen (secondary N) is 1. The van der Waals surface area contributed by atoms with Gasteiger partial charge < -0.3 is 9.42 Å². The van der Waals surface area contributed by atoms with Crippen LogP contribution in [0.15, 0.2) is 0 Å². The van der Waals surface area contributed by atoms with Crippen LogP contribution in [0.3, 0.4) is 0 Å². The Morgan fingerprint density at radius 3 is 2.59 bits per heavy atom. The lowest BCUT2D eigenvalue weighted by Gasteiger charge is -2.23. The van der Waals surface area contributed by atoms with E-state index in [1.807, 2.05) is 0 Å². The average Bonchev–Trinajstić information content (AvgIpc) is 2.25. The van der Waals surface area contributed by atoms with Crippen molar-refractivity contribution < 1.29 is 23.6 Å². The first-order chi connectivity index (χ1) is 7.88. The Labute approximate surface area is 105 Å². The maximum atomic E-state index is 11.2. The highest BCUT2D eigenvalue weighted by Gasteiger charge is 2.25. The minimum absolute atomic E-state index is 0.0796. The number of hydrogen-bond donors (Lipinski definition) is 2.